The van der Waals surface area contributed by atoms with Crippen molar-refractivity contribution in [1.82, 2.24) is 10.6 Å². The summed E-state index contributed by atoms with van der Waals surface area (Å²) in [5, 5.41) is 8.46. The van der Waals surface area contributed by atoms with Crippen molar-refractivity contribution in [1.29, 1.82) is 0 Å². The van der Waals surface area contributed by atoms with Crippen molar-refractivity contribution < 1.29 is 9.59 Å². The molecule has 0 aliphatic carbocycles. The van der Waals surface area contributed by atoms with Crippen molar-refractivity contribution in [2.45, 2.75) is 6.42 Å². The summed E-state index contributed by atoms with van der Waals surface area (Å²) in [4.78, 5) is 25.8. The third-order valence-corrected chi connectivity index (χ3v) is 7.76. The molecule has 8 heteroatoms. The van der Waals surface area contributed by atoms with Crippen LogP contribution in [-0.4, -0.2) is 24.9 Å². The van der Waals surface area contributed by atoms with E-state index in [1.165, 1.54) is 22.7 Å². The van der Waals surface area contributed by atoms with Crippen LogP contribution in [0.4, 0.5) is 0 Å². The van der Waals surface area contributed by atoms with E-state index >= 15 is 0 Å². The molecule has 0 aliphatic heterocycles. The van der Waals surface area contributed by atoms with Crippen LogP contribution in [0.3, 0.4) is 0 Å². The molecule has 0 spiro atoms. The third-order valence-electron chi connectivity index (χ3n) is 4.41. The number of nitrogens with one attached hydrogen (secondary N) is 2. The minimum atomic E-state index is -0.199. The van der Waals surface area contributed by atoms with Crippen LogP contribution < -0.4 is 10.6 Å². The van der Waals surface area contributed by atoms with Crippen molar-refractivity contribution in [3.05, 3.63) is 68.3 Å². The summed E-state index contributed by atoms with van der Waals surface area (Å²) >= 11 is 15.4. The molecule has 4 aromatic rings. The van der Waals surface area contributed by atoms with Gasteiger partial charge in [0.15, 0.2) is 0 Å². The highest BCUT2D eigenvalue weighted by atomic mass is 35.5. The highest BCUT2D eigenvalue weighted by Gasteiger charge is 2.17. The molecule has 0 bridgehead atoms. The molecule has 2 amide bonds. The lowest BCUT2D eigenvalue weighted by molar-refractivity contribution is 0.0956. The van der Waals surface area contributed by atoms with Crippen molar-refractivity contribution in [3.63, 3.8) is 0 Å². The second-order valence-electron chi connectivity index (χ2n) is 6.35. The van der Waals surface area contributed by atoms with Crippen LogP contribution >= 0.6 is 45.9 Å². The molecule has 148 valence electrons. The van der Waals surface area contributed by atoms with Gasteiger partial charge >= 0.3 is 0 Å². The quantitative estimate of drug-likeness (QED) is 0.346. The first-order chi connectivity index (χ1) is 14.1. The smallest absolute Gasteiger partial charge is 0.262 e. The number of carbonyl (C=O) groups is 2. The van der Waals surface area contributed by atoms with Crippen molar-refractivity contribution >= 4 is 77.9 Å². The molecule has 2 aromatic heterocycles. The number of benzene rings is 2. The zero-order valence-corrected chi connectivity index (χ0v) is 18.3. The molecular formula is C21H16Cl2N2O2S2. The van der Waals surface area contributed by atoms with E-state index in [9.17, 15) is 9.59 Å². The van der Waals surface area contributed by atoms with E-state index in [0.29, 0.717) is 39.3 Å². The summed E-state index contributed by atoms with van der Waals surface area (Å²) in [6.45, 7) is 0.869. The number of halogens is 2. The zero-order valence-electron chi connectivity index (χ0n) is 15.1. The largest absolute Gasteiger partial charge is 0.351 e. The second-order valence-corrected chi connectivity index (χ2v) is 9.21. The first kappa shape index (κ1) is 20.2. The first-order valence-corrected chi connectivity index (χ1v) is 11.4. The van der Waals surface area contributed by atoms with E-state index in [1.54, 1.807) is 0 Å². The fraction of sp³-hybridized carbons (Fsp3) is 0.143. The number of thiophene rings is 2. The molecule has 4 rings (SSSR count). The normalized spacial score (nSPS) is 11.1. The Morgan fingerprint density at radius 1 is 0.724 bits per heavy atom. The molecule has 0 radical (unpaired) electrons. The Bertz CT molecular complexity index is 1120. The average Bonchev–Trinajstić information content (AvgIpc) is 3.25. The highest BCUT2D eigenvalue weighted by molar-refractivity contribution is 7.22. The fourth-order valence-electron chi connectivity index (χ4n) is 2.97. The van der Waals surface area contributed by atoms with Crippen LogP contribution in [0.2, 0.25) is 10.0 Å². The van der Waals surface area contributed by atoms with Gasteiger partial charge in [-0.25, -0.2) is 0 Å². The molecule has 2 N–H and O–H groups in total. The maximum atomic E-state index is 12.4. The van der Waals surface area contributed by atoms with E-state index in [2.05, 4.69) is 10.6 Å². The minimum absolute atomic E-state index is 0.199. The lowest BCUT2D eigenvalue weighted by Gasteiger charge is -2.06. The maximum absolute atomic E-state index is 12.4. The highest BCUT2D eigenvalue weighted by Crippen LogP contribution is 2.35. The number of carbonyl (C=O) groups excluding carboxylic acids is 2. The summed E-state index contributed by atoms with van der Waals surface area (Å²) in [6.07, 6.45) is 0.600. The third kappa shape index (κ3) is 4.12. The molecule has 2 heterocycles. The van der Waals surface area contributed by atoms with E-state index in [4.69, 9.17) is 23.2 Å². The predicted molar refractivity (Wildman–Crippen MR) is 123 cm³/mol. The van der Waals surface area contributed by atoms with Gasteiger partial charge in [0.1, 0.15) is 9.75 Å². The van der Waals surface area contributed by atoms with Crippen LogP contribution in [-0.2, 0) is 0 Å². The van der Waals surface area contributed by atoms with Crippen molar-refractivity contribution in [2.24, 2.45) is 0 Å². The Labute approximate surface area is 185 Å². The summed E-state index contributed by atoms with van der Waals surface area (Å²) in [7, 11) is 0. The average molecular weight is 463 g/mol. The topological polar surface area (TPSA) is 58.2 Å². The first-order valence-electron chi connectivity index (χ1n) is 8.96. The van der Waals surface area contributed by atoms with Crippen LogP contribution in [0, 0.1) is 0 Å². The molecule has 2 aromatic carbocycles. The van der Waals surface area contributed by atoms with E-state index < -0.39 is 0 Å². The molecule has 0 fully saturated rings. The monoisotopic (exact) mass is 462 g/mol. The minimum Gasteiger partial charge on any atom is -0.351 e. The summed E-state index contributed by atoms with van der Waals surface area (Å²) < 4.78 is 1.96. The van der Waals surface area contributed by atoms with Crippen LogP contribution in [0.1, 0.15) is 25.8 Å². The van der Waals surface area contributed by atoms with Gasteiger partial charge in [0, 0.05) is 33.3 Å². The zero-order chi connectivity index (χ0) is 20.4. The Morgan fingerprint density at radius 2 is 1.14 bits per heavy atom. The Balaban J connectivity index is 1.29. The van der Waals surface area contributed by atoms with Gasteiger partial charge in [0.25, 0.3) is 11.8 Å². The molecule has 0 atom stereocenters. The van der Waals surface area contributed by atoms with Crippen LogP contribution in [0.5, 0.6) is 0 Å². The number of fused-ring (bicyclic) bond motifs is 2. The van der Waals surface area contributed by atoms with Gasteiger partial charge in [-0.1, -0.05) is 59.6 Å². The molecule has 4 nitrogen and oxygen atoms in total. The Morgan fingerprint density at radius 3 is 1.55 bits per heavy atom. The SMILES string of the molecule is O=C(NCCCNC(=O)c1sc2ccccc2c1Cl)c1sc2ccccc2c1Cl. The number of rotatable bonds is 6. The van der Waals surface area contributed by atoms with E-state index in [1.807, 2.05) is 48.5 Å². The Hall–Kier alpha value is -2.12. The molecule has 0 saturated heterocycles. The van der Waals surface area contributed by atoms with Gasteiger partial charge in [-0.05, 0) is 18.6 Å². The fourth-order valence-corrected chi connectivity index (χ4v) is 5.84. The standard InChI is InChI=1S/C21H16Cl2N2O2S2/c22-16-12-6-1-3-8-14(12)28-18(16)20(26)24-10-5-11-25-21(27)19-17(23)13-7-2-4-9-15(13)29-19/h1-4,6-9H,5,10-11H2,(H,24,26)(H,25,27). The van der Waals surface area contributed by atoms with Gasteiger partial charge in [-0.15, -0.1) is 22.7 Å². The van der Waals surface area contributed by atoms with E-state index in [0.717, 1.165) is 20.2 Å². The summed E-state index contributed by atoms with van der Waals surface area (Å²) in [5.74, 6) is -0.398. The van der Waals surface area contributed by atoms with Gasteiger partial charge in [-0.3, -0.25) is 9.59 Å². The molecular weight excluding hydrogens is 447 g/mol. The summed E-state index contributed by atoms with van der Waals surface area (Å²) in [5.41, 5.74) is 0. The molecule has 0 aliphatic rings. The lowest BCUT2D eigenvalue weighted by atomic mass is 10.2. The van der Waals surface area contributed by atoms with Crippen LogP contribution in [0.15, 0.2) is 48.5 Å². The van der Waals surface area contributed by atoms with Gasteiger partial charge in [0.2, 0.25) is 0 Å². The van der Waals surface area contributed by atoms with Crippen molar-refractivity contribution in [3.8, 4) is 0 Å². The number of hydrogen-bond donors (Lipinski definition) is 2. The van der Waals surface area contributed by atoms with Gasteiger partial charge < -0.3 is 10.6 Å². The molecule has 0 saturated carbocycles. The summed E-state index contributed by atoms with van der Waals surface area (Å²) in [6, 6.07) is 15.3. The van der Waals surface area contributed by atoms with Gasteiger partial charge in [0.05, 0.1) is 10.0 Å². The molecule has 29 heavy (non-hydrogen) atoms. The van der Waals surface area contributed by atoms with Crippen molar-refractivity contribution in [2.75, 3.05) is 13.1 Å². The lowest BCUT2D eigenvalue weighted by Crippen LogP contribution is -2.29. The maximum Gasteiger partial charge on any atom is 0.262 e. The number of amides is 2. The van der Waals surface area contributed by atoms with E-state index in [-0.39, 0.29) is 11.8 Å². The second kappa shape index (κ2) is 8.71. The molecule has 0 unspecified atom stereocenters. The van der Waals surface area contributed by atoms with Gasteiger partial charge in [-0.2, -0.15) is 0 Å². The van der Waals surface area contributed by atoms with Crippen LogP contribution in [0.25, 0.3) is 20.2 Å². The number of hydrogen-bond acceptors (Lipinski definition) is 4. The Kier molecular flexibility index (Phi) is 6.06. The predicted octanol–water partition coefficient (Wildman–Crippen LogP) is 5.97.